The number of amides is 1. The van der Waals surface area contributed by atoms with Crippen molar-refractivity contribution in [1.29, 1.82) is 0 Å². The monoisotopic (exact) mass is 443 g/mol. The first-order chi connectivity index (χ1) is 14.8. The van der Waals surface area contributed by atoms with E-state index in [9.17, 15) is 19.7 Å². The molecule has 2 N–H and O–H groups in total. The van der Waals surface area contributed by atoms with Gasteiger partial charge in [0.25, 0.3) is 11.6 Å². The summed E-state index contributed by atoms with van der Waals surface area (Å²) in [4.78, 5) is 38.6. The van der Waals surface area contributed by atoms with E-state index in [1.807, 2.05) is 31.2 Å². The van der Waals surface area contributed by atoms with Crippen LogP contribution in [0.15, 0.2) is 63.5 Å². The standard InChI is InChI=1S/C21H21N3O6S/c1-13-3-5-16(6-4-13)31-17-10-14(9-15(11-17)24(28)29)22-19-18(21(27)30-2)12-23(7-8-25)20(19)26/h3-6,9-11,22,25H,7-8,12H2,1-2H3. The summed E-state index contributed by atoms with van der Waals surface area (Å²) in [6.07, 6.45) is 0. The summed E-state index contributed by atoms with van der Waals surface area (Å²) >= 11 is 1.34. The molecule has 31 heavy (non-hydrogen) atoms. The number of esters is 1. The van der Waals surface area contributed by atoms with Gasteiger partial charge < -0.3 is 20.1 Å². The Hall–Kier alpha value is -3.37. The highest BCUT2D eigenvalue weighted by molar-refractivity contribution is 7.99. The Balaban J connectivity index is 1.95. The Morgan fingerprint density at radius 3 is 2.58 bits per heavy atom. The van der Waals surface area contributed by atoms with Gasteiger partial charge in [0.15, 0.2) is 0 Å². The van der Waals surface area contributed by atoms with Crippen LogP contribution in [0.2, 0.25) is 0 Å². The minimum atomic E-state index is -0.684. The van der Waals surface area contributed by atoms with Gasteiger partial charge in [0.2, 0.25) is 0 Å². The number of nitro benzene ring substituents is 1. The highest BCUT2D eigenvalue weighted by Crippen LogP contribution is 2.34. The average Bonchev–Trinajstić information content (AvgIpc) is 3.05. The fourth-order valence-electron chi connectivity index (χ4n) is 3.06. The Kier molecular flexibility index (Phi) is 6.93. The molecule has 0 saturated heterocycles. The van der Waals surface area contributed by atoms with Gasteiger partial charge in [0, 0.05) is 34.2 Å². The van der Waals surface area contributed by atoms with Crippen molar-refractivity contribution in [3.05, 3.63) is 69.4 Å². The lowest BCUT2D eigenvalue weighted by atomic mass is 10.2. The minimum Gasteiger partial charge on any atom is -0.466 e. The third kappa shape index (κ3) is 5.22. The van der Waals surface area contributed by atoms with E-state index in [4.69, 9.17) is 9.84 Å². The van der Waals surface area contributed by atoms with Crippen LogP contribution in [0, 0.1) is 17.0 Å². The number of non-ortho nitro benzene ring substituents is 1. The molecular formula is C21H21N3O6S. The summed E-state index contributed by atoms with van der Waals surface area (Å²) < 4.78 is 4.76. The molecular weight excluding hydrogens is 422 g/mol. The molecule has 0 aromatic heterocycles. The smallest absolute Gasteiger partial charge is 0.337 e. The maximum Gasteiger partial charge on any atom is 0.337 e. The van der Waals surface area contributed by atoms with Gasteiger partial charge in [-0.05, 0) is 25.1 Å². The first-order valence-corrected chi connectivity index (χ1v) is 10.2. The van der Waals surface area contributed by atoms with E-state index in [2.05, 4.69) is 5.32 Å². The lowest BCUT2D eigenvalue weighted by molar-refractivity contribution is -0.385. The van der Waals surface area contributed by atoms with E-state index in [1.54, 1.807) is 6.07 Å². The fourth-order valence-corrected chi connectivity index (χ4v) is 3.97. The molecule has 0 bridgehead atoms. The molecule has 0 aliphatic carbocycles. The number of methoxy groups -OCH3 is 1. The van der Waals surface area contributed by atoms with Crippen molar-refractivity contribution in [1.82, 2.24) is 4.90 Å². The van der Waals surface area contributed by atoms with E-state index in [-0.39, 0.29) is 36.7 Å². The predicted octanol–water partition coefficient (Wildman–Crippen LogP) is 2.73. The van der Waals surface area contributed by atoms with E-state index in [0.29, 0.717) is 10.6 Å². The van der Waals surface area contributed by atoms with Crippen LogP contribution in [0.25, 0.3) is 0 Å². The molecule has 0 saturated carbocycles. The van der Waals surface area contributed by atoms with Gasteiger partial charge in [0.1, 0.15) is 5.70 Å². The number of ether oxygens (including phenoxy) is 1. The molecule has 1 aliphatic heterocycles. The maximum atomic E-state index is 12.7. The van der Waals surface area contributed by atoms with Crippen molar-refractivity contribution in [2.45, 2.75) is 16.7 Å². The average molecular weight is 443 g/mol. The van der Waals surface area contributed by atoms with Gasteiger partial charge in [-0.1, -0.05) is 29.5 Å². The SMILES string of the molecule is COC(=O)C1=C(Nc2cc(Sc3ccc(C)cc3)cc([N+](=O)[O-])c2)C(=O)N(CCO)C1. The molecule has 9 nitrogen and oxygen atoms in total. The van der Waals surface area contributed by atoms with Gasteiger partial charge >= 0.3 is 5.97 Å². The summed E-state index contributed by atoms with van der Waals surface area (Å²) in [5.74, 6) is -1.18. The summed E-state index contributed by atoms with van der Waals surface area (Å²) in [5.41, 5.74) is 1.31. The van der Waals surface area contributed by atoms with Crippen molar-refractivity contribution >= 4 is 35.0 Å². The molecule has 0 unspecified atom stereocenters. The van der Waals surface area contributed by atoms with Gasteiger partial charge in [0.05, 0.1) is 30.8 Å². The molecule has 1 aliphatic rings. The first kappa shape index (κ1) is 22.3. The zero-order valence-electron chi connectivity index (χ0n) is 17.0. The second-order valence-corrected chi connectivity index (χ2v) is 7.96. The predicted molar refractivity (Wildman–Crippen MR) is 115 cm³/mol. The first-order valence-electron chi connectivity index (χ1n) is 9.35. The van der Waals surface area contributed by atoms with Crippen LogP contribution in [0.1, 0.15) is 5.56 Å². The third-order valence-corrected chi connectivity index (χ3v) is 5.56. The molecule has 2 aromatic rings. The van der Waals surface area contributed by atoms with Crippen molar-refractivity contribution < 1.29 is 24.4 Å². The maximum absolute atomic E-state index is 12.7. The number of β-amino-alcohol motifs (C(OH)–C–C–N with tert-alkyl or cyclic N) is 1. The van der Waals surface area contributed by atoms with E-state index in [1.165, 1.54) is 35.9 Å². The summed E-state index contributed by atoms with van der Waals surface area (Å²) in [7, 11) is 1.20. The van der Waals surface area contributed by atoms with E-state index in [0.717, 1.165) is 10.5 Å². The van der Waals surface area contributed by atoms with Gasteiger partial charge in [-0.3, -0.25) is 14.9 Å². The van der Waals surface area contributed by atoms with Crippen LogP contribution in [-0.2, 0) is 14.3 Å². The largest absolute Gasteiger partial charge is 0.466 e. The van der Waals surface area contributed by atoms with Crippen molar-refractivity contribution in [2.75, 3.05) is 32.1 Å². The number of nitrogens with zero attached hydrogens (tertiary/aromatic N) is 2. The molecule has 1 heterocycles. The summed E-state index contributed by atoms with van der Waals surface area (Å²) in [6.45, 7) is 1.74. The van der Waals surface area contributed by atoms with Crippen LogP contribution >= 0.6 is 11.8 Å². The Labute approximate surface area is 182 Å². The number of nitrogens with one attached hydrogen (secondary N) is 1. The number of rotatable bonds is 8. The van der Waals surface area contributed by atoms with Crippen LogP contribution in [0.3, 0.4) is 0 Å². The van der Waals surface area contributed by atoms with Gasteiger partial charge in [-0.2, -0.15) is 0 Å². The molecule has 1 amide bonds. The summed E-state index contributed by atoms with van der Waals surface area (Å²) in [6, 6.07) is 12.1. The number of carbonyl (C=O) groups excluding carboxylic acids is 2. The normalized spacial score (nSPS) is 13.5. The third-order valence-electron chi connectivity index (χ3n) is 4.58. The van der Waals surface area contributed by atoms with Crippen LogP contribution in [0.5, 0.6) is 0 Å². The van der Waals surface area contributed by atoms with Crippen molar-refractivity contribution in [3.63, 3.8) is 0 Å². The number of hydrogen-bond acceptors (Lipinski definition) is 8. The number of aliphatic hydroxyl groups is 1. The number of aliphatic hydroxyl groups excluding tert-OH is 1. The molecule has 162 valence electrons. The van der Waals surface area contributed by atoms with Crippen molar-refractivity contribution in [3.8, 4) is 0 Å². The Morgan fingerprint density at radius 1 is 1.26 bits per heavy atom. The van der Waals surface area contributed by atoms with E-state index >= 15 is 0 Å². The summed E-state index contributed by atoms with van der Waals surface area (Å²) in [5, 5.41) is 23.5. The molecule has 0 atom stereocenters. The lowest BCUT2D eigenvalue weighted by Crippen LogP contribution is -2.31. The number of benzene rings is 2. The second-order valence-electron chi connectivity index (χ2n) is 6.81. The molecule has 0 radical (unpaired) electrons. The molecule has 0 spiro atoms. The zero-order valence-corrected chi connectivity index (χ0v) is 17.8. The van der Waals surface area contributed by atoms with Crippen LogP contribution in [-0.4, -0.2) is 53.6 Å². The number of carbonyl (C=O) groups is 2. The highest BCUT2D eigenvalue weighted by atomic mass is 32.2. The quantitative estimate of drug-likeness (QED) is 0.363. The number of anilines is 1. The van der Waals surface area contributed by atoms with Gasteiger partial charge in [-0.25, -0.2) is 4.79 Å². The number of nitro groups is 1. The molecule has 10 heteroatoms. The van der Waals surface area contributed by atoms with Crippen molar-refractivity contribution in [2.24, 2.45) is 0 Å². The lowest BCUT2D eigenvalue weighted by Gasteiger charge is -2.15. The highest BCUT2D eigenvalue weighted by Gasteiger charge is 2.34. The van der Waals surface area contributed by atoms with Gasteiger partial charge in [-0.15, -0.1) is 0 Å². The molecule has 0 fully saturated rings. The van der Waals surface area contributed by atoms with Crippen LogP contribution in [0.4, 0.5) is 11.4 Å². The minimum absolute atomic E-state index is 0.0195. The van der Waals surface area contributed by atoms with E-state index < -0.39 is 16.8 Å². The number of aryl methyl sites for hydroxylation is 1. The molecule has 3 rings (SSSR count). The Morgan fingerprint density at radius 2 is 1.97 bits per heavy atom. The Bertz CT molecular complexity index is 1050. The topological polar surface area (TPSA) is 122 Å². The fraction of sp³-hybridized carbons (Fsp3) is 0.238. The zero-order chi connectivity index (χ0) is 22.5. The second kappa shape index (κ2) is 9.63. The van der Waals surface area contributed by atoms with Crippen LogP contribution < -0.4 is 5.32 Å². The number of hydrogen-bond donors (Lipinski definition) is 2. The molecule has 2 aromatic carbocycles.